The van der Waals surface area contributed by atoms with Crippen molar-refractivity contribution in [2.75, 3.05) is 26.2 Å². The van der Waals surface area contributed by atoms with Crippen LogP contribution in [0.4, 0.5) is 8.78 Å². The van der Waals surface area contributed by atoms with Crippen LogP contribution in [0.3, 0.4) is 0 Å². The first kappa shape index (κ1) is 26.0. The molecular formula is C28H27F2N3O4. The Kier molecular flexibility index (Phi) is 7.93. The van der Waals surface area contributed by atoms with Gasteiger partial charge in [0.25, 0.3) is 5.91 Å². The van der Waals surface area contributed by atoms with E-state index in [1.54, 1.807) is 54.3 Å². The Labute approximate surface area is 213 Å². The van der Waals surface area contributed by atoms with Crippen molar-refractivity contribution in [1.29, 1.82) is 0 Å². The van der Waals surface area contributed by atoms with Crippen molar-refractivity contribution in [1.82, 2.24) is 15.3 Å². The summed E-state index contributed by atoms with van der Waals surface area (Å²) in [4.78, 5) is 45.9. The Bertz CT molecular complexity index is 1220. The Morgan fingerprint density at radius 3 is 1.73 bits per heavy atom. The number of hydrogen-bond acceptors (Lipinski definition) is 5. The van der Waals surface area contributed by atoms with Gasteiger partial charge in [0.2, 0.25) is 5.91 Å². The monoisotopic (exact) mass is 507 g/mol. The number of halogens is 2. The van der Waals surface area contributed by atoms with E-state index in [-0.39, 0.29) is 11.5 Å². The van der Waals surface area contributed by atoms with Gasteiger partial charge in [-0.1, -0.05) is 24.3 Å². The van der Waals surface area contributed by atoms with Crippen LogP contribution in [-0.4, -0.2) is 59.8 Å². The lowest BCUT2D eigenvalue weighted by Gasteiger charge is -2.36. The van der Waals surface area contributed by atoms with Crippen LogP contribution in [0.5, 0.6) is 0 Å². The fourth-order valence-electron chi connectivity index (χ4n) is 4.19. The number of hydroxylamine groups is 1. The average Bonchev–Trinajstić information content (AvgIpc) is 2.91. The highest BCUT2D eigenvalue weighted by Crippen LogP contribution is 2.29. The Balaban J connectivity index is 1.50. The molecule has 3 aromatic rings. The zero-order valence-electron chi connectivity index (χ0n) is 20.5. The van der Waals surface area contributed by atoms with Gasteiger partial charge in [0, 0.05) is 33.1 Å². The van der Waals surface area contributed by atoms with E-state index >= 15 is 0 Å². The third-order valence-corrected chi connectivity index (χ3v) is 6.45. The molecule has 1 N–H and O–H groups in total. The highest BCUT2D eigenvalue weighted by Gasteiger charge is 2.27. The molecule has 1 atom stereocenters. The molecule has 1 heterocycles. The first-order valence-corrected chi connectivity index (χ1v) is 11.9. The van der Waals surface area contributed by atoms with Crippen LogP contribution in [0, 0.1) is 11.6 Å². The van der Waals surface area contributed by atoms with Crippen molar-refractivity contribution in [2.45, 2.75) is 19.9 Å². The molecule has 0 radical (unpaired) electrons. The molecule has 2 amide bonds. The van der Waals surface area contributed by atoms with E-state index in [0.29, 0.717) is 48.4 Å². The highest BCUT2D eigenvalue weighted by molar-refractivity contribution is 5.94. The molecule has 0 aliphatic carbocycles. The number of carbonyl (C=O) groups is 3. The number of nitrogens with one attached hydrogen (secondary N) is 1. The summed E-state index contributed by atoms with van der Waals surface area (Å²) in [7, 11) is 0. The zero-order valence-corrected chi connectivity index (χ0v) is 20.5. The van der Waals surface area contributed by atoms with Crippen LogP contribution in [0.2, 0.25) is 0 Å². The molecule has 1 unspecified atom stereocenters. The fraction of sp³-hybridized carbons (Fsp3) is 0.250. The van der Waals surface area contributed by atoms with E-state index < -0.39 is 29.6 Å². The van der Waals surface area contributed by atoms with Crippen LogP contribution in [0.15, 0.2) is 66.7 Å². The lowest BCUT2D eigenvalue weighted by atomic mass is 9.96. The predicted molar refractivity (Wildman–Crippen MR) is 134 cm³/mol. The van der Waals surface area contributed by atoms with E-state index in [2.05, 4.69) is 5.48 Å². The van der Waals surface area contributed by atoms with Gasteiger partial charge in [-0.25, -0.2) is 13.6 Å². The molecule has 7 nitrogen and oxygen atoms in total. The quantitative estimate of drug-likeness (QED) is 0.528. The summed E-state index contributed by atoms with van der Waals surface area (Å²) in [5.41, 5.74) is 4.97. The largest absolute Gasteiger partial charge is 0.362 e. The SMILES string of the molecule is CC(=O)N1CCN(C(C)C(=O)NOC(=O)c2cc(-c3ccc(F)cc3)cc(-c3ccc(F)cc3)c2)CC1. The van der Waals surface area contributed by atoms with Gasteiger partial charge in [-0.05, 0) is 71.6 Å². The first-order chi connectivity index (χ1) is 17.7. The third kappa shape index (κ3) is 6.37. The molecule has 0 saturated carbocycles. The predicted octanol–water partition coefficient (Wildman–Crippen LogP) is 4.04. The maximum absolute atomic E-state index is 13.5. The molecule has 4 rings (SSSR count). The molecule has 1 aliphatic heterocycles. The van der Waals surface area contributed by atoms with E-state index in [0.717, 1.165) is 0 Å². The zero-order chi connectivity index (χ0) is 26.5. The summed E-state index contributed by atoms with van der Waals surface area (Å²) in [6.45, 7) is 5.32. The van der Waals surface area contributed by atoms with E-state index in [4.69, 9.17) is 4.84 Å². The van der Waals surface area contributed by atoms with Crippen LogP contribution in [0.25, 0.3) is 22.3 Å². The van der Waals surface area contributed by atoms with Gasteiger partial charge in [-0.15, -0.1) is 0 Å². The molecule has 37 heavy (non-hydrogen) atoms. The Hall–Kier alpha value is -4.11. The molecule has 192 valence electrons. The summed E-state index contributed by atoms with van der Waals surface area (Å²) < 4.78 is 26.9. The lowest BCUT2D eigenvalue weighted by Crippen LogP contribution is -2.54. The number of carbonyl (C=O) groups excluding carboxylic acids is 3. The van der Waals surface area contributed by atoms with Crippen molar-refractivity contribution < 1.29 is 28.0 Å². The molecule has 1 fully saturated rings. The molecule has 0 bridgehead atoms. The third-order valence-electron chi connectivity index (χ3n) is 6.45. The first-order valence-electron chi connectivity index (χ1n) is 11.9. The van der Waals surface area contributed by atoms with Crippen molar-refractivity contribution in [3.63, 3.8) is 0 Å². The maximum atomic E-state index is 13.5. The van der Waals surface area contributed by atoms with Gasteiger partial charge in [-0.2, -0.15) is 5.48 Å². The van der Waals surface area contributed by atoms with Crippen LogP contribution < -0.4 is 5.48 Å². The second-order valence-corrected chi connectivity index (χ2v) is 8.89. The smallest absolute Gasteiger partial charge is 0.340 e. The van der Waals surface area contributed by atoms with Gasteiger partial charge in [0.1, 0.15) is 11.6 Å². The van der Waals surface area contributed by atoms with E-state index in [1.807, 2.05) is 4.90 Å². The lowest BCUT2D eigenvalue weighted by molar-refractivity contribution is -0.137. The highest BCUT2D eigenvalue weighted by atomic mass is 19.1. The standard InChI is InChI=1S/C28H27F2N3O4/c1-18(32-11-13-33(14-12-32)19(2)34)27(35)31-37-28(36)24-16-22(20-3-7-25(29)8-4-20)15-23(17-24)21-5-9-26(30)10-6-21/h3-10,15-18H,11-14H2,1-2H3,(H,31,35). The maximum Gasteiger partial charge on any atom is 0.362 e. The minimum absolute atomic E-state index is 0.00596. The molecule has 1 aliphatic rings. The van der Waals surface area contributed by atoms with Gasteiger partial charge < -0.3 is 9.74 Å². The Morgan fingerprint density at radius 2 is 1.27 bits per heavy atom. The Morgan fingerprint density at radius 1 is 0.784 bits per heavy atom. The average molecular weight is 508 g/mol. The van der Waals surface area contributed by atoms with Crippen molar-refractivity contribution in [3.05, 3.63) is 83.9 Å². The van der Waals surface area contributed by atoms with Crippen LogP contribution in [-0.2, 0) is 14.4 Å². The van der Waals surface area contributed by atoms with Crippen molar-refractivity contribution in [2.24, 2.45) is 0 Å². The minimum Gasteiger partial charge on any atom is -0.340 e. The molecule has 1 saturated heterocycles. The number of rotatable bonds is 5. The van der Waals surface area contributed by atoms with Gasteiger partial charge in [0.15, 0.2) is 0 Å². The topological polar surface area (TPSA) is 79.0 Å². The number of benzene rings is 3. The molecule has 0 spiro atoms. The summed E-state index contributed by atoms with van der Waals surface area (Å²) in [6, 6.07) is 16.0. The summed E-state index contributed by atoms with van der Waals surface area (Å²) >= 11 is 0. The summed E-state index contributed by atoms with van der Waals surface area (Å²) in [5.74, 6) is -2.06. The second-order valence-electron chi connectivity index (χ2n) is 8.89. The van der Waals surface area contributed by atoms with Crippen LogP contribution in [0.1, 0.15) is 24.2 Å². The number of piperazine rings is 1. The fourth-order valence-corrected chi connectivity index (χ4v) is 4.19. The number of nitrogens with zero attached hydrogens (tertiary/aromatic N) is 2. The molecular weight excluding hydrogens is 480 g/mol. The van der Waals surface area contributed by atoms with Gasteiger partial charge >= 0.3 is 5.97 Å². The van der Waals surface area contributed by atoms with Crippen molar-refractivity contribution in [3.8, 4) is 22.3 Å². The number of amides is 2. The number of hydrogen-bond donors (Lipinski definition) is 1. The second kappa shape index (κ2) is 11.3. The summed E-state index contributed by atoms with van der Waals surface area (Å²) in [5, 5.41) is 0. The molecule has 9 heteroatoms. The molecule has 0 aromatic heterocycles. The minimum atomic E-state index is -0.783. The van der Waals surface area contributed by atoms with Gasteiger partial charge in [0.05, 0.1) is 11.6 Å². The van der Waals surface area contributed by atoms with E-state index in [9.17, 15) is 23.2 Å². The van der Waals surface area contributed by atoms with Gasteiger partial charge in [-0.3, -0.25) is 14.5 Å². The van der Waals surface area contributed by atoms with Crippen molar-refractivity contribution >= 4 is 17.8 Å². The molecule has 3 aromatic carbocycles. The summed E-state index contributed by atoms with van der Waals surface area (Å²) in [6.07, 6.45) is 0. The van der Waals surface area contributed by atoms with E-state index in [1.165, 1.54) is 31.2 Å². The normalized spacial score (nSPS) is 14.6. The van der Waals surface area contributed by atoms with Crippen LogP contribution >= 0.6 is 0 Å².